The molecule has 0 bridgehead atoms. The van der Waals surface area contributed by atoms with E-state index in [4.69, 9.17) is 0 Å². The van der Waals surface area contributed by atoms with E-state index in [1.807, 2.05) is 54.8 Å². The fourth-order valence-corrected chi connectivity index (χ4v) is 5.73. The number of aromatic nitrogens is 2. The fraction of sp³-hybridized carbons (Fsp3) is 0.414. The highest BCUT2D eigenvalue weighted by Gasteiger charge is 2.36. The molecule has 1 fully saturated rings. The van der Waals surface area contributed by atoms with E-state index in [1.54, 1.807) is 0 Å². The number of fused-ring (bicyclic) bond motifs is 1. The number of amides is 1. The molecule has 0 radical (unpaired) electrons. The van der Waals surface area contributed by atoms with Crippen LogP contribution in [-0.4, -0.2) is 57.4 Å². The molecular formula is C29H35N5O3. The van der Waals surface area contributed by atoms with Gasteiger partial charge in [0.15, 0.2) is 0 Å². The summed E-state index contributed by atoms with van der Waals surface area (Å²) in [4.78, 5) is 36.2. The van der Waals surface area contributed by atoms with Gasteiger partial charge in [-0.05, 0) is 49.9 Å². The van der Waals surface area contributed by atoms with Crippen molar-refractivity contribution in [3.63, 3.8) is 0 Å². The van der Waals surface area contributed by atoms with Crippen LogP contribution in [0.1, 0.15) is 50.4 Å². The van der Waals surface area contributed by atoms with Gasteiger partial charge >= 0.3 is 11.8 Å². The summed E-state index contributed by atoms with van der Waals surface area (Å²) in [6.07, 6.45) is -0.162. The van der Waals surface area contributed by atoms with E-state index in [0.717, 1.165) is 41.2 Å². The molecule has 1 amide bonds. The Hall–Kier alpha value is -3.81. The second-order valence-electron chi connectivity index (χ2n) is 10.5. The lowest BCUT2D eigenvalue weighted by molar-refractivity contribution is 0.114. The van der Waals surface area contributed by atoms with Crippen molar-refractivity contribution in [2.45, 2.75) is 58.7 Å². The first-order valence-corrected chi connectivity index (χ1v) is 13.1. The summed E-state index contributed by atoms with van der Waals surface area (Å²) in [5.41, 5.74) is 4.85. The molecule has 2 aliphatic heterocycles. The number of carbonyl (C=O) groups is 1. The van der Waals surface area contributed by atoms with Gasteiger partial charge in [0.2, 0.25) is 0 Å². The van der Waals surface area contributed by atoms with E-state index in [9.17, 15) is 14.7 Å². The van der Waals surface area contributed by atoms with Crippen LogP contribution in [0.5, 0.6) is 0 Å². The highest BCUT2D eigenvalue weighted by atomic mass is 16.4. The summed E-state index contributed by atoms with van der Waals surface area (Å²) in [7, 11) is 0. The number of benzene rings is 2. The lowest BCUT2D eigenvalue weighted by Gasteiger charge is -2.45. The van der Waals surface area contributed by atoms with Crippen LogP contribution in [0.3, 0.4) is 0 Å². The van der Waals surface area contributed by atoms with Crippen molar-refractivity contribution < 1.29 is 9.90 Å². The molecule has 3 aromatic rings. The number of anilines is 2. The van der Waals surface area contributed by atoms with Crippen molar-refractivity contribution in [1.82, 2.24) is 14.5 Å². The number of hydrogen-bond donors (Lipinski definition) is 1. The van der Waals surface area contributed by atoms with Crippen LogP contribution in [0, 0.1) is 0 Å². The largest absolute Gasteiger partial charge is 0.465 e. The summed E-state index contributed by atoms with van der Waals surface area (Å²) >= 11 is 0. The van der Waals surface area contributed by atoms with Crippen molar-refractivity contribution >= 4 is 17.6 Å². The molecule has 2 aliphatic rings. The van der Waals surface area contributed by atoms with Gasteiger partial charge < -0.3 is 19.8 Å². The summed E-state index contributed by atoms with van der Waals surface area (Å²) in [6, 6.07) is 18.1. The lowest BCUT2D eigenvalue weighted by Crippen LogP contribution is -2.58. The Morgan fingerprint density at radius 1 is 1.00 bits per heavy atom. The molecule has 0 spiro atoms. The molecule has 0 aliphatic carbocycles. The Bertz CT molecular complexity index is 1350. The van der Waals surface area contributed by atoms with Crippen molar-refractivity contribution in [3.05, 3.63) is 81.9 Å². The second kappa shape index (κ2) is 9.92. The third-order valence-corrected chi connectivity index (χ3v) is 7.68. The summed E-state index contributed by atoms with van der Waals surface area (Å²) < 4.78 is 1.81. The van der Waals surface area contributed by atoms with Gasteiger partial charge in [-0.2, -0.15) is 4.98 Å². The summed E-state index contributed by atoms with van der Waals surface area (Å²) in [5, 5.41) is 9.62. The Labute approximate surface area is 217 Å². The first-order chi connectivity index (χ1) is 17.8. The predicted octanol–water partition coefficient (Wildman–Crippen LogP) is 4.50. The maximum absolute atomic E-state index is 13.8. The molecule has 3 heterocycles. The zero-order valence-corrected chi connectivity index (χ0v) is 22.0. The van der Waals surface area contributed by atoms with Crippen LogP contribution in [0.25, 0.3) is 5.69 Å². The lowest BCUT2D eigenvalue weighted by atomic mass is 9.98. The third-order valence-electron chi connectivity index (χ3n) is 7.68. The molecule has 5 rings (SSSR count). The Morgan fingerprint density at radius 3 is 2.41 bits per heavy atom. The zero-order valence-electron chi connectivity index (χ0n) is 22.0. The fourth-order valence-electron chi connectivity index (χ4n) is 5.73. The van der Waals surface area contributed by atoms with Gasteiger partial charge in [0, 0.05) is 43.0 Å². The van der Waals surface area contributed by atoms with Gasteiger partial charge in [-0.3, -0.25) is 4.57 Å². The first kappa shape index (κ1) is 24.9. The molecule has 8 nitrogen and oxygen atoms in total. The van der Waals surface area contributed by atoms with E-state index >= 15 is 0 Å². The number of hydrogen-bond acceptors (Lipinski definition) is 5. The van der Waals surface area contributed by atoms with Crippen molar-refractivity contribution in [3.8, 4) is 5.69 Å². The summed E-state index contributed by atoms with van der Waals surface area (Å²) in [5.74, 6) is 0.951. The third kappa shape index (κ3) is 4.56. The van der Waals surface area contributed by atoms with Crippen LogP contribution in [0.2, 0.25) is 0 Å². The number of nitrogens with zero attached hydrogens (tertiary/aromatic N) is 5. The van der Waals surface area contributed by atoms with Crippen LogP contribution in [0.15, 0.2) is 59.4 Å². The van der Waals surface area contributed by atoms with E-state index < -0.39 is 6.09 Å². The molecule has 1 saturated heterocycles. The zero-order chi connectivity index (χ0) is 26.3. The van der Waals surface area contributed by atoms with Gasteiger partial charge in [0.05, 0.1) is 17.9 Å². The molecule has 2 aromatic carbocycles. The molecule has 8 heteroatoms. The molecular weight excluding hydrogens is 466 g/mol. The second-order valence-corrected chi connectivity index (χ2v) is 10.5. The van der Waals surface area contributed by atoms with Gasteiger partial charge in [-0.15, -0.1) is 0 Å². The van der Waals surface area contributed by atoms with E-state index in [1.165, 1.54) is 4.90 Å². The van der Waals surface area contributed by atoms with Crippen LogP contribution in [0.4, 0.5) is 16.3 Å². The Balaban J connectivity index is 1.66. The highest BCUT2D eigenvalue weighted by Crippen LogP contribution is 2.33. The predicted molar refractivity (Wildman–Crippen MR) is 146 cm³/mol. The minimum Gasteiger partial charge on any atom is -0.465 e. The smallest absolute Gasteiger partial charge is 0.407 e. The normalized spacial score (nSPS) is 19.8. The molecule has 0 unspecified atom stereocenters. The molecule has 1 aromatic heterocycles. The van der Waals surface area contributed by atoms with Gasteiger partial charge in [-0.25, -0.2) is 9.59 Å². The molecule has 0 saturated carbocycles. The van der Waals surface area contributed by atoms with E-state index in [0.29, 0.717) is 25.5 Å². The van der Waals surface area contributed by atoms with E-state index in [2.05, 4.69) is 46.8 Å². The van der Waals surface area contributed by atoms with Gasteiger partial charge in [0.25, 0.3) is 0 Å². The topological polar surface area (TPSA) is 81.9 Å². The molecule has 194 valence electrons. The Kier molecular flexibility index (Phi) is 6.67. The van der Waals surface area contributed by atoms with Crippen LogP contribution >= 0.6 is 0 Å². The van der Waals surface area contributed by atoms with Crippen molar-refractivity contribution in [2.24, 2.45) is 0 Å². The quantitative estimate of drug-likeness (QED) is 0.567. The number of piperazine rings is 1. The van der Waals surface area contributed by atoms with Crippen LogP contribution in [-0.2, 0) is 13.0 Å². The van der Waals surface area contributed by atoms with Crippen molar-refractivity contribution in [2.75, 3.05) is 29.4 Å². The number of rotatable bonds is 4. The van der Waals surface area contributed by atoms with Gasteiger partial charge in [-0.1, -0.05) is 50.2 Å². The van der Waals surface area contributed by atoms with Crippen LogP contribution < -0.4 is 15.5 Å². The molecule has 37 heavy (non-hydrogen) atoms. The summed E-state index contributed by atoms with van der Waals surface area (Å²) in [6.45, 7) is 10.5. The van der Waals surface area contributed by atoms with Crippen molar-refractivity contribution in [1.29, 1.82) is 0 Å². The monoisotopic (exact) mass is 501 g/mol. The number of carboxylic acid groups (broad SMARTS) is 1. The standard InChI is InChI=1S/C29H35N5O3/c1-19(2)23-12-8-9-13-25(23)34-26-18-31(22-10-6-5-7-11-22)15-14-24(26)27(30-28(34)35)32-16-21(4)33(29(36)37)17-20(32)3/h5-13,19-21H,14-18H2,1-4H3,(H,36,37)/t20-,21+/m0/s1. The number of para-hydroxylation sites is 2. The highest BCUT2D eigenvalue weighted by molar-refractivity contribution is 5.66. The SMILES string of the molecule is CC(C)c1ccccc1-n1c2c(c(N3C[C@@H](C)N(C(=O)O)C[C@@H]3C)nc1=O)CCN(c1ccccc1)C2. The minimum absolute atomic E-state index is 0.0887. The molecule has 1 N–H and O–H groups in total. The Morgan fingerprint density at radius 2 is 1.70 bits per heavy atom. The molecule has 2 atom stereocenters. The maximum atomic E-state index is 13.8. The van der Waals surface area contributed by atoms with E-state index in [-0.39, 0.29) is 23.7 Å². The first-order valence-electron chi connectivity index (χ1n) is 13.1. The average Bonchev–Trinajstić information content (AvgIpc) is 2.89. The maximum Gasteiger partial charge on any atom is 0.407 e. The minimum atomic E-state index is -0.909. The van der Waals surface area contributed by atoms with Gasteiger partial charge in [0.1, 0.15) is 5.82 Å². The average molecular weight is 502 g/mol.